The molecule has 1 N–H and O–H groups in total. The van der Waals surface area contributed by atoms with E-state index in [1.54, 1.807) is 21.3 Å². The molecule has 0 fully saturated rings. The van der Waals surface area contributed by atoms with Gasteiger partial charge in [0.05, 0.1) is 21.3 Å². The lowest BCUT2D eigenvalue weighted by Gasteiger charge is -2.18. The third-order valence-corrected chi connectivity index (χ3v) is 3.97. The van der Waals surface area contributed by atoms with E-state index in [1.807, 2.05) is 30.3 Å². The summed E-state index contributed by atoms with van der Waals surface area (Å²) in [6, 6.07) is 11.8. The Labute approximate surface area is 142 Å². The molecule has 0 aliphatic rings. The maximum Gasteiger partial charge on any atom is 0.203 e. The van der Waals surface area contributed by atoms with Crippen molar-refractivity contribution in [1.82, 2.24) is 5.32 Å². The minimum Gasteiger partial charge on any atom is -0.493 e. The molecular formula is C18H22ClNO3. The van der Waals surface area contributed by atoms with Gasteiger partial charge in [-0.2, -0.15) is 0 Å². The van der Waals surface area contributed by atoms with E-state index in [9.17, 15) is 0 Å². The highest BCUT2D eigenvalue weighted by Crippen LogP contribution is 2.39. The molecule has 0 amide bonds. The number of halogens is 1. The summed E-state index contributed by atoms with van der Waals surface area (Å²) in [4.78, 5) is 0. The van der Waals surface area contributed by atoms with Gasteiger partial charge in [-0.3, -0.25) is 0 Å². The third-order valence-electron chi connectivity index (χ3n) is 3.73. The van der Waals surface area contributed by atoms with Crippen LogP contribution in [-0.4, -0.2) is 21.3 Å². The predicted octanol–water partition coefficient (Wildman–Crippen LogP) is 4.22. The Balaban J connectivity index is 2.17. The van der Waals surface area contributed by atoms with Crippen LogP contribution in [0.1, 0.15) is 24.1 Å². The van der Waals surface area contributed by atoms with Gasteiger partial charge in [0.2, 0.25) is 5.75 Å². The Hall–Kier alpha value is -1.91. The molecule has 2 aromatic carbocycles. The number of ether oxygens (including phenoxy) is 3. The van der Waals surface area contributed by atoms with Crippen molar-refractivity contribution in [2.45, 2.75) is 19.5 Å². The quantitative estimate of drug-likeness (QED) is 0.822. The molecule has 23 heavy (non-hydrogen) atoms. The first-order valence-electron chi connectivity index (χ1n) is 7.37. The van der Waals surface area contributed by atoms with Crippen LogP contribution in [-0.2, 0) is 6.54 Å². The van der Waals surface area contributed by atoms with Gasteiger partial charge >= 0.3 is 0 Å². The van der Waals surface area contributed by atoms with Gasteiger partial charge in [0.25, 0.3) is 0 Å². The fraction of sp³-hybridized carbons (Fsp3) is 0.333. The largest absolute Gasteiger partial charge is 0.493 e. The Morgan fingerprint density at radius 1 is 1.00 bits per heavy atom. The molecule has 0 bridgehead atoms. The number of methoxy groups -OCH3 is 3. The molecule has 0 aromatic heterocycles. The van der Waals surface area contributed by atoms with Gasteiger partial charge in [0.15, 0.2) is 11.5 Å². The summed E-state index contributed by atoms with van der Waals surface area (Å²) in [5.74, 6) is 1.93. The molecule has 4 nitrogen and oxygen atoms in total. The van der Waals surface area contributed by atoms with Crippen LogP contribution in [0.4, 0.5) is 0 Å². The first-order valence-corrected chi connectivity index (χ1v) is 7.75. The summed E-state index contributed by atoms with van der Waals surface area (Å²) in [7, 11) is 4.84. The van der Waals surface area contributed by atoms with Crippen molar-refractivity contribution in [3.63, 3.8) is 0 Å². The number of hydrogen-bond donors (Lipinski definition) is 1. The number of hydrogen-bond acceptors (Lipinski definition) is 4. The smallest absolute Gasteiger partial charge is 0.203 e. The van der Waals surface area contributed by atoms with E-state index in [2.05, 4.69) is 18.3 Å². The zero-order valence-electron chi connectivity index (χ0n) is 13.9. The van der Waals surface area contributed by atoms with Crippen molar-refractivity contribution < 1.29 is 14.2 Å². The molecule has 0 radical (unpaired) electrons. The molecular weight excluding hydrogens is 314 g/mol. The van der Waals surface area contributed by atoms with Crippen molar-refractivity contribution >= 4 is 11.6 Å². The van der Waals surface area contributed by atoms with Gasteiger partial charge in [-0.1, -0.05) is 29.8 Å². The average Bonchev–Trinajstić information content (AvgIpc) is 2.58. The molecule has 0 spiro atoms. The highest BCUT2D eigenvalue weighted by atomic mass is 35.5. The fourth-order valence-corrected chi connectivity index (χ4v) is 2.66. The van der Waals surface area contributed by atoms with Gasteiger partial charge in [0, 0.05) is 23.2 Å². The SMILES string of the molecule is COc1ccc(CN[C@@H](C)c2cccc(Cl)c2)c(OC)c1OC. The van der Waals surface area contributed by atoms with Crippen molar-refractivity contribution in [2.24, 2.45) is 0 Å². The molecule has 1 atom stereocenters. The molecule has 0 aliphatic carbocycles. The van der Waals surface area contributed by atoms with Crippen LogP contribution in [0, 0.1) is 0 Å². The van der Waals surface area contributed by atoms with Crippen LogP contribution < -0.4 is 19.5 Å². The van der Waals surface area contributed by atoms with E-state index in [1.165, 1.54) is 0 Å². The van der Waals surface area contributed by atoms with Crippen LogP contribution in [0.15, 0.2) is 36.4 Å². The first kappa shape index (κ1) is 17.4. The van der Waals surface area contributed by atoms with E-state index in [-0.39, 0.29) is 6.04 Å². The van der Waals surface area contributed by atoms with Crippen molar-refractivity contribution in [2.75, 3.05) is 21.3 Å². The Bertz CT molecular complexity index is 661. The lowest BCUT2D eigenvalue weighted by atomic mass is 10.1. The number of rotatable bonds is 7. The van der Waals surface area contributed by atoms with E-state index in [0.29, 0.717) is 23.8 Å². The highest BCUT2D eigenvalue weighted by molar-refractivity contribution is 6.30. The summed E-state index contributed by atoms with van der Waals surface area (Å²) < 4.78 is 16.2. The van der Waals surface area contributed by atoms with Gasteiger partial charge in [-0.05, 0) is 30.7 Å². The van der Waals surface area contributed by atoms with Crippen LogP contribution >= 0.6 is 11.6 Å². The van der Waals surface area contributed by atoms with Gasteiger partial charge < -0.3 is 19.5 Å². The molecule has 0 saturated heterocycles. The van der Waals surface area contributed by atoms with E-state index < -0.39 is 0 Å². The first-order chi connectivity index (χ1) is 11.1. The van der Waals surface area contributed by atoms with Crippen molar-refractivity contribution in [3.8, 4) is 17.2 Å². The lowest BCUT2D eigenvalue weighted by molar-refractivity contribution is 0.321. The summed E-state index contributed by atoms with van der Waals surface area (Å²) in [5, 5.41) is 4.21. The summed E-state index contributed by atoms with van der Waals surface area (Å²) in [6.07, 6.45) is 0. The molecule has 0 heterocycles. The normalized spacial score (nSPS) is 11.9. The Morgan fingerprint density at radius 2 is 1.74 bits per heavy atom. The molecule has 0 aliphatic heterocycles. The maximum atomic E-state index is 6.05. The Morgan fingerprint density at radius 3 is 2.35 bits per heavy atom. The average molecular weight is 336 g/mol. The zero-order valence-corrected chi connectivity index (χ0v) is 14.6. The molecule has 124 valence electrons. The highest BCUT2D eigenvalue weighted by Gasteiger charge is 2.16. The number of nitrogens with one attached hydrogen (secondary N) is 1. The van der Waals surface area contributed by atoms with Crippen molar-refractivity contribution in [1.29, 1.82) is 0 Å². The third kappa shape index (κ3) is 4.09. The molecule has 2 rings (SSSR count). The van der Waals surface area contributed by atoms with Crippen LogP contribution in [0.25, 0.3) is 0 Å². The summed E-state index contributed by atoms with van der Waals surface area (Å²) >= 11 is 6.05. The van der Waals surface area contributed by atoms with E-state index in [4.69, 9.17) is 25.8 Å². The lowest BCUT2D eigenvalue weighted by Crippen LogP contribution is -2.18. The van der Waals surface area contributed by atoms with Gasteiger partial charge in [-0.25, -0.2) is 0 Å². The summed E-state index contributed by atoms with van der Waals surface area (Å²) in [6.45, 7) is 2.73. The monoisotopic (exact) mass is 335 g/mol. The topological polar surface area (TPSA) is 39.7 Å². The molecule has 5 heteroatoms. The van der Waals surface area contributed by atoms with Crippen LogP contribution in [0.2, 0.25) is 5.02 Å². The fourth-order valence-electron chi connectivity index (χ4n) is 2.46. The second-order valence-electron chi connectivity index (χ2n) is 5.15. The van der Waals surface area contributed by atoms with Crippen molar-refractivity contribution in [3.05, 3.63) is 52.5 Å². The van der Waals surface area contributed by atoms with E-state index >= 15 is 0 Å². The van der Waals surface area contributed by atoms with Gasteiger partial charge in [-0.15, -0.1) is 0 Å². The standard InChI is InChI=1S/C18H22ClNO3/c1-12(13-6-5-7-15(19)10-13)20-11-14-8-9-16(21-2)18(23-4)17(14)22-3/h5-10,12,20H,11H2,1-4H3/t12-/m0/s1. The van der Waals surface area contributed by atoms with Gasteiger partial charge in [0.1, 0.15) is 0 Å². The second-order valence-corrected chi connectivity index (χ2v) is 5.59. The van der Waals surface area contributed by atoms with Crippen LogP contribution in [0.5, 0.6) is 17.2 Å². The molecule has 0 unspecified atom stereocenters. The minimum atomic E-state index is 0.159. The Kier molecular flexibility index (Phi) is 6.13. The maximum absolute atomic E-state index is 6.05. The number of benzene rings is 2. The second kappa shape index (κ2) is 8.09. The predicted molar refractivity (Wildman–Crippen MR) is 92.8 cm³/mol. The van der Waals surface area contributed by atoms with E-state index in [0.717, 1.165) is 16.1 Å². The minimum absolute atomic E-state index is 0.159. The van der Waals surface area contributed by atoms with Crippen LogP contribution in [0.3, 0.4) is 0 Å². The molecule has 0 saturated carbocycles. The zero-order chi connectivity index (χ0) is 16.8. The molecule has 2 aromatic rings. The summed E-state index contributed by atoms with van der Waals surface area (Å²) in [5.41, 5.74) is 2.14.